The summed E-state index contributed by atoms with van der Waals surface area (Å²) in [5.74, 6) is 0.608. The minimum Gasteiger partial charge on any atom is -0.338 e. The van der Waals surface area contributed by atoms with Gasteiger partial charge in [0.25, 0.3) is 0 Å². The second kappa shape index (κ2) is 5.86. The molecule has 1 aliphatic rings. The first-order chi connectivity index (χ1) is 6.74. The summed E-state index contributed by atoms with van der Waals surface area (Å²) in [7, 11) is 0. The first-order valence-corrected chi connectivity index (χ1v) is 5.51. The van der Waals surface area contributed by atoms with Crippen LogP contribution in [-0.4, -0.2) is 25.2 Å². The average Bonchev–Trinajstić information content (AvgIpc) is 2.67. The molecule has 0 radical (unpaired) electrons. The number of urea groups is 1. The molecular weight excluding hydrogens is 178 g/mol. The van der Waals surface area contributed by atoms with Crippen molar-refractivity contribution in [3.63, 3.8) is 0 Å². The van der Waals surface area contributed by atoms with Crippen LogP contribution < -0.4 is 16.4 Å². The van der Waals surface area contributed by atoms with Crippen molar-refractivity contribution < 1.29 is 4.79 Å². The molecule has 0 saturated heterocycles. The van der Waals surface area contributed by atoms with E-state index in [0.29, 0.717) is 19.0 Å². The SMILES string of the molecule is CCNC(=O)NCC(N)C1CCCC1. The molecule has 1 unspecified atom stereocenters. The second-order valence-electron chi connectivity index (χ2n) is 3.95. The lowest BCUT2D eigenvalue weighted by atomic mass is 9.99. The Labute approximate surface area is 85.6 Å². The van der Waals surface area contributed by atoms with Crippen molar-refractivity contribution >= 4 is 6.03 Å². The van der Waals surface area contributed by atoms with Gasteiger partial charge in [0.15, 0.2) is 0 Å². The van der Waals surface area contributed by atoms with Crippen LogP contribution in [0.15, 0.2) is 0 Å². The lowest BCUT2D eigenvalue weighted by molar-refractivity contribution is 0.239. The molecule has 0 aliphatic heterocycles. The number of rotatable bonds is 4. The summed E-state index contributed by atoms with van der Waals surface area (Å²) >= 11 is 0. The van der Waals surface area contributed by atoms with Crippen LogP contribution in [0, 0.1) is 5.92 Å². The van der Waals surface area contributed by atoms with Crippen LogP contribution in [0.3, 0.4) is 0 Å². The van der Waals surface area contributed by atoms with E-state index in [-0.39, 0.29) is 12.1 Å². The third-order valence-electron chi connectivity index (χ3n) is 2.84. The van der Waals surface area contributed by atoms with E-state index in [4.69, 9.17) is 5.73 Å². The maximum atomic E-state index is 11.1. The quantitative estimate of drug-likeness (QED) is 0.627. The number of amides is 2. The Morgan fingerprint density at radius 3 is 2.64 bits per heavy atom. The van der Waals surface area contributed by atoms with Gasteiger partial charge < -0.3 is 16.4 Å². The molecule has 4 N–H and O–H groups in total. The van der Waals surface area contributed by atoms with Gasteiger partial charge >= 0.3 is 6.03 Å². The Bertz CT molecular complexity index is 178. The zero-order chi connectivity index (χ0) is 10.4. The molecule has 1 saturated carbocycles. The average molecular weight is 199 g/mol. The van der Waals surface area contributed by atoms with E-state index >= 15 is 0 Å². The molecule has 4 nitrogen and oxygen atoms in total. The molecule has 0 aromatic rings. The zero-order valence-corrected chi connectivity index (χ0v) is 8.88. The van der Waals surface area contributed by atoms with Gasteiger partial charge in [0.05, 0.1) is 0 Å². The number of nitrogens with two attached hydrogens (primary N) is 1. The minimum absolute atomic E-state index is 0.110. The Morgan fingerprint density at radius 2 is 2.07 bits per heavy atom. The van der Waals surface area contributed by atoms with E-state index in [9.17, 15) is 4.79 Å². The predicted molar refractivity (Wildman–Crippen MR) is 57.0 cm³/mol. The number of carbonyl (C=O) groups is 1. The molecule has 1 atom stereocenters. The number of carbonyl (C=O) groups excluding carboxylic acids is 1. The molecule has 0 bridgehead atoms. The lowest BCUT2D eigenvalue weighted by Crippen LogP contribution is -2.45. The van der Waals surface area contributed by atoms with Gasteiger partial charge in [-0.2, -0.15) is 0 Å². The van der Waals surface area contributed by atoms with Crippen molar-refractivity contribution in [2.45, 2.75) is 38.6 Å². The lowest BCUT2D eigenvalue weighted by Gasteiger charge is -2.19. The molecule has 2 amide bonds. The zero-order valence-electron chi connectivity index (χ0n) is 8.88. The third-order valence-corrected chi connectivity index (χ3v) is 2.84. The van der Waals surface area contributed by atoms with Crippen LogP contribution in [0.25, 0.3) is 0 Å². The monoisotopic (exact) mass is 199 g/mol. The molecule has 82 valence electrons. The van der Waals surface area contributed by atoms with Crippen LogP contribution >= 0.6 is 0 Å². The molecule has 0 aromatic heterocycles. The van der Waals surface area contributed by atoms with Crippen LogP contribution in [-0.2, 0) is 0 Å². The van der Waals surface area contributed by atoms with Crippen LogP contribution in [0.2, 0.25) is 0 Å². The topological polar surface area (TPSA) is 67.2 Å². The largest absolute Gasteiger partial charge is 0.338 e. The minimum atomic E-state index is -0.110. The van der Waals surface area contributed by atoms with Gasteiger partial charge in [-0.3, -0.25) is 0 Å². The summed E-state index contributed by atoms with van der Waals surface area (Å²) in [6, 6.07) is 0.0149. The summed E-state index contributed by atoms with van der Waals surface area (Å²) < 4.78 is 0. The fourth-order valence-electron chi connectivity index (χ4n) is 1.99. The highest BCUT2D eigenvalue weighted by molar-refractivity contribution is 5.73. The number of nitrogens with one attached hydrogen (secondary N) is 2. The summed E-state index contributed by atoms with van der Waals surface area (Å²) in [5.41, 5.74) is 5.98. The fourth-order valence-corrected chi connectivity index (χ4v) is 1.99. The molecule has 1 fully saturated rings. The predicted octanol–water partition coefficient (Wildman–Crippen LogP) is 0.823. The molecule has 1 aliphatic carbocycles. The van der Waals surface area contributed by atoms with E-state index < -0.39 is 0 Å². The second-order valence-corrected chi connectivity index (χ2v) is 3.95. The van der Waals surface area contributed by atoms with E-state index in [1.807, 2.05) is 6.92 Å². The summed E-state index contributed by atoms with van der Waals surface area (Å²) in [4.78, 5) is 11.1. The van der Waals surface area contributed by atoms with Crippen molar-refractivity contribution in [2.24, 2.45) is 11.7 Å². The van der Waals surface area contributed by atoms with Crippen molar-refractivity contribution in [3.8, 4) is 0 Å². The first-order valence-electron chi connectivity index (χ1n) is 5.51. The summed E-state index contributed by atoms with van der Waals surface area (Å²) in [6.07, 6.45) is 5.02. The van der Waals surface area contributed by atoms with Gasteiger partial charge in [-0.25, -0.2) is 4.79 Å². The highest BCUT2D eigenvalue weighted by Gasteiger charge is 2.21. The maximum Gasteiger partial charge on any atom is 0.314 e. The first kappa shape index (κ1) is 11.3. The smallest absolute Gasteiger partial charge is 0.314 e. The highest BCUT2D eigenvalue weighted by atomic mass is 16.2. The molecule has 1 rings (SSSR count). The maximum absolute atomic E-state index is 11.1. The van der Waals surface area contributed by atoms with Crippen LogP contribution in [0.1, 0.15) is 32.6 Å². The van der Waals surface area contributed by atoms with E-state index in [1.165, 1.54) is 25.7 Å². The van der Waals surface area contributed by atoms with Crippen molar-refractivity contribution in [2.75, 3.05) is 13.1 Å². The Hall–Kier alpha value is -0.770. The molecule has 0 aromatic carbocycles. The normalized spacial score (nSPS) is 19.3. The van der Waals surface area contributed by atoms with Crippen molar-refractivity contribution in [1.29, 1.82) is 0 Å². The van der Waals surface area contributed by atoms with Gasteiger partial charge in [-0.1, -0.05) is 12.8 Å². The number of hydrogen-bond donors (Lipinski definition) is 3. The van der Waals surface area contributed by atoms with E-state index in [2.05, 4.69) is 10.6 Å². The Kier molecular flexibility index (Phi) is 4.73. The molecule has 4 heteroatoms. The van der Waals surface area contributed by atoms with Crippen LogP contribution in [0.5, 0.6) is 0 Å². The van der Waals surface area contributed by atoms with Gasteiger partial charge in [-0.15, -0.1) is 0 Å². The molecule has 0 spiro atoms. The van der Waals surface area contributed by atoms with Gasteiger partial charge in [-0.05, 0) is 25.7 Å². The molecular formula is C10H21N3O. The van der Waals surface area contributed by atoms with Crippen LogP contribution in [0.4, 0.5) is 4.79 Å². The molecule has 14 heavy (non-hydrogen) atoms. The highest BCUT2D eigenvalue weighted by Crippen LogP contribution is 2.26. The molecule has 0 heterocycles. The van der Waals surface area contributed by atoms with Crippen molar-refractivity contribution in [1.82, 2.24) is 10.6 Å². The summed E-state index contributed by atoms with van der Waals surface area (Å²) in [6.45, 7) is 3.15. The fraction of sp³-hybridized carbons (Fsp3) is 0.900. The Morgan fingerprint density at radius 1 is 1.43 bits per heavy atom. The van der Waals surface area contributed by atoms with Gasteiger partial charge in [0.2, 0.25) is 0 Å². The third kappa shape index (κ3) is 3.54. The van der Waals surface area contributed by atoms with E-state index in [1.54, 1.807) is 0 Å². The van der Waals surface area contributed by atoms with E-state index in [0.717, 1.165) is 0 Å². The van der Waals surface area contributed by atoms with Crippen molar-refractivity contribution in [3.05, 3.63) is 0 Å². The standard InChI is InChI=1S/C10H21N3O/c1-2-12-10(14)13-7-9(11)8-5-3-4-6-8/h8-9H,2-7,11H2,1H3,(H2,12,13,14). The number of hydrogen-bond acceptors (Lipinski definition) is 2. The summed E-state index contributed by atoms with van der Waals surface area (Å²) in [5, 5.41) is 5.47. The van der Waals surface area contributed by atoms with Gasteiger partial charge in [0.1, 0.15) is 0 Å². The van der Waals surface area contributed by atoms with Gasteiger partial charge in [0, 0.05) is 19.1 Å². The Balaban J connectivity index is 2.13.